The Morgan fingerprint density at radius 3 is 2.81 bits per heavy atom. The van der Waals surface area contributed by atoms with E-state index in [0.717, 1.165) is 16.9 Å². The van der Waals surface area contributed by atoms with Crippen LogP contribution in [0.4, 0.5) is 0 Å². The maximum atomic E-state index is 11.8. The quantitative estimate of drug-likeness (QED) is 0.581. The highest BCUT2D eigenvalue weighted by molar-refractivity contribution is 5.80. The highest BCUT2D eigenvalue weighted by Crippen LogP contribution is 2.32. The van der Waals surface area contributed by atoms with Gasteiger partial charge in [0.25, 0.3) is 5.91 Å². The highest BCUT2D eigenvalue weighted by atomic mass is 16.7. The van der Waals surface area contributed by atoms with Crippen molar-refractivity contribution in [2.75, 3.05) is 20.0 Å². The van der Waals surface area contributed by atoms with Crippen LogP contribution in [0, 0.1) is 0 Å². The summed E-state index contributed by atoms with van der Waals surface area (Å²) in [6.07, 6.45) is 1.54. The molecule has 7 heteroatoms. The third kappa shape index (κ3) is 4.89. The van der Waals surface area contributed by atoms with E-state index in [9.17, 15) is 4.79 Å². The van der Waals surface area contributed by atoms with Gasteiger partial charge in [0.15, 0.2) is 18.1 Å². The molecule has 1 heterocycles. The smallest absolute Gasteiger partial charge is 0.261 e. The fourth-order valence-electron chi connectivity index (χ4n) is 2.31. The Morgan fingerprint density at radius 2 is 2.00 bits per heavy atom. The zero-order valence-electron chi connectivity index (χ0n) is 14.4. The zero-order chi connectivity index (χ0) is 18.2. The Hall–Kier alpha value is -3.22. The van der Waals surface area contributed by atoms with E-state index >= 15 is 0 Å². The molecule has 26 heavy (non-hydrogen) atoms. The molecule has 0 aliphatic carbocycles. The SMILES string of the molecule is CCOc1ccc(C=NOCC(=O)NCc2ccc3c(c2)OCO3)cc1. The van der Waals surface area contributed by atoms with Gasteiger partial charge in [-0.05, 0) is 54.4 Å². The second-order valence-electron chi connectivity index (χ2n) is 5.47. The molecule has 0 atom stereocenters. The number of ether oxygens (including phenoxy) is 3. The third-order valence-electron chi connectivity index (χ3n) is 3.59. The lowest BCUT2D eigenvalue weighted by atomic mass is 10.2. The van der Waals surface area contributed by atoms with Crippen molar-refractivity contribution in [2.45, 2.75) is 13.5 Å². The molecule has 2 aromatic carbocycles. The van der Waals surface area contributed by atoms with E-state index in [-0.39, 0.29) is 19.3 Å². The molecule has 0 saturated heterocycles. The Balaban J connectivity index is 1.38. The number of fused-ring (bicyclic) bond motifs is 1. The van der Waals surface area contributed by atoms with Crippen molar-refractivity contribution in [1.82, 2.24) is 5.32 Å². The first kappa shape index (κ1) is 17.6. The van der Waals surface area contributed by atoms with Gasteiger partial charge in [-0.2, -0.15) is 0 Å². The fourth-order valence-corrected chi connectivity index (χ4v) is 2.31. The molecule has 1 aliphatic heterocycles. The Kier molecular flexibility index (Phi) is 5.92. The van der Waals surface area contributed by atoms with Crippen LogP contribution >= 0.6 is 0 Å². The molecule has 0 spiro atoms. The van der Waals surface area contributed by atoms with Crippen LogP contribution in [0.25, 0.3) is 0 Å². The molecule has 1 amide bonds. The molecule has 0 unspecified atom stereocenters. The van der Waals surface area contributed by atoms with Crippen molar-refractivity contribution >= 4 is 12.1 Å². The second kappa shape index (κ2) is 8.75. The van der Waals surface area contributed by atoms with Crippen LogP contribution in [0.2, 0.25) is 0 Å². The number of nitrogens with one attached hydrogen (secondary N) is 1. The molecule has 2 aromatic rings. The van der Waals surface area contributed by atoms with Gasteiger partial charge in [-0.3, -0.25) is 4.79 Å². The summed E-state index contributed by atoms with van der Waals surface area (Å²) in [5.74, 6) is 1.94. The average Bonchev–Trinajstić information content (AvgIpc) is 3.13. The Morgan fingerprint density at radius 1 is 1.19 bits per heavy atom. The highest BCUT2D eigenvalue weighted by Gasteiger charge is 2.13. The summed E-state index contributed by atoms with van der Waals surface area (Å²) in [6, 6.07) is 13.0. The first-order valence-electron chi connectivity index (χ1n) is 8.28. The average molecular weight is 356 g/mol. The lowest BCUT2D eigenvalue weighted by Gasteiger charge is -2.05. The summed E-state index contributed by atoms with van der Waals surface area (Å²) in [5, 5.41) is 6.56. The number of oxime groups is 1. The maximum absolute atomic E-state index is 11.8. The van der Waals surface area contributed by atoms with Gasteiger partial charge < -0.3 is 24.4 Å². The first-order chi connectivity index (χ1) is 12.7. The Labute approximate surface area is 151 Å². The number of benzene rings is 2. The third-order valence-corrected chi connectivity index (χ3v) is 3.59. The van der Waals surface area contributed by atoms with E-state index in [2.05, 4.69) is 10.5 Å². The maximum Gasteiger partial charge on any atom is 0.261 e. The number of amides is 1. The predicted octanol–water partition coefficient (Wildman–Crippen LogP) is 2.48. The van der Waals surface area contributed by atoms with Crippen LogP contribution in [-0.4, -0.2) is 32.1 Å². The summed E-state index contributed by atoms with van der Waals surface area (Å²) in [4.78, 5) is 16.8. The normalized spacial score (nSPS) is 12.2. The lowest BCUT2D eigenvalue weighted by molar-refractivity contribution is -0.125. The van der Waals surface area contributed by atoms with Gasteiger partial charge in [0, 0.05) is 6.54 Å². The summed E-state index contributed by atoms with van der Waals surface area (Å²) in [6.45, 7) is 3.00. The van der Waals surface area contributed by atoms with Crippen molar-refractivity contribution in [3.8, 4) is 17.2 Å². The zero-order valence-corrected chi connectivity index (χ0v) is 14.4. The lowest BCUT2D eigenvalue weighted by Crippen LogP contribution is -2.26. The van der Waals surface area contributed by atoms with Crippen LogP contribution < -0.4 is 19.5 Å². The van der Waals surface area contributed by atoms with Gasteiger partial charge in [0.2, 0.25) is 6.79 Å². The number of hydrogen-bond donors (Lipinski definition) is 1. The van der Waals surface area contributed by atoms with Gasteiger partial charge in [-0.15, -0.1) is 0 Å². The van der Waals surface area contributed by atoms with E-state index in [1.54, 1.807) is 6.21 Å². The van der Waals surface area contributed by atoms with Crippen molar-refractivity contribution < 1.29 is 23.8 Å². The van der Waals surface area contributed by atoms with E-state index in [1.165, 1.54) is 0 Å². The van der Waals surface area contributed by atoms with E-state index in [1.807, 2.05) is 49.4 Å². The minimum Gasteiger partial charge on any atom is -0.494 e. The second-order valence-corrected chi connectivity index (χ2v) is 5.47. The number of nitrogens with zero attached hydrogens (tertiary/aromatic N) is 1. The molecule has 136 valence electrons. The van der Waals surface area contributed by atoms with Gasteiger partial charge in [-0.25, -0.2) is 0 Å². The predicted molar refractivity (Wildman–Crippen MR) is 95.6 cm³/mol. The molecule has 0 fully saturated rings. The number of carbonyl (C=O) groups is 1. The van der Waals surface area contributed by atoms with Crippen molar-refractivity contribution in [2.24, 2.45) is 5.16 Å². The van der Waals surface area contributed by atoms with Gasteiger partial charge in [0.05, 0.1) is 12.8 Å². The largest absolute Gasteiger partial charge is 0.494 e. The number of rotatable bonds is 8. The molecule has 0 saturated carbocycles. The number of carbonyl (C=O) groups excluding carboxylic acids is 1. The van der Waals surface area contributed by atoms with Crippen LogP contribution in [0.1, 0.15) is 18.1 Å². The van der Waals surface area contributed by atoms with Crippen molar-refractivity contribution in [3.63, 3.8) is 0 Å². The van der Waals surface area contributed by atoms with Crippen LogP contribution in [0.15, 0.2) is 47.6 Å². The van der Waals surface area contributed by atoms with Crippen LogP contribution in [-0.2, 0) is 16.2 Å². The van der Waals surface area contributed by atoms with Crippen molar-refractivity contribution in [3.05, 3.63) is 53.6 Å². The van der Waals surface area contributed by atoms with Gasteiger partial charge in [0.1, 0.15) is 5.75 Å². The molecule has 0 radical (unpaired) electrons. The molecule has 1 aliphatic rings. The fraction of sp³-hybridized carbons (Fsp3) is 0.263. The van der Waals surface area contributed by atoms with E-state index < -0.39 is 0 Å². The number of hydrogen-bond acceptors (Lipinski definition) is 6. The summed E-state index contributed by atoms with van der Waals surface area (Å²) in [5.41, 5.74) is 1.77. The molecule has 1 N–H and O–H groups in total. The molecule has 3 rings (SSSR count). The Bertz CT molecular complexity index is 774. The summed E-state index contributed by atoms with van der Waals surface area (Å²) >= 11 is 0. The minimum absolute atomic E-state index is 0.155. The topological polar surface area (TPSA) is 78.4 Å². The molecule has 0 aromatic heterocycles. The first-order valence-corrected chi connectivity index (χ1v) is 8.28. The molecule has 7 nitrogen and oxygen atoms in total. The van der Waals surface area contributed by atoms with Gasteiger partial charge >= 0.3 is 0 Å². The van der Waals surface area contributed by atoms with Crippen LogP contribution in [0.5, 0.6) is 17.2 Å². The summed E-state index contributed by atoms with van der Waals surface area (Å²) in [7, 11) is 0. The monoisotopic (exact) mass is 356 g/mol. The van der Waals surface area contributed by atoms with Gasteiger partial charge in [-0.1, -0.05) is 11.2 Å². The van der Waals surface area contributed by atoms with Crippen LogP contribution in [0.3, 0.4) is 0 Å². The summed E-state index contributed by atoms with van der Waals surface area (Å²) < 4.78 is 15.9. The van der Waals surface area contributed by atoms with E-state index in [0.29, 0.717) is 24.7 Å². The van der Waals surface area contributed by atoms with Crippen molar-refractivity contribution in [1.29, 1.82) is 0 Å². The minimum atomic E-state index is -0.258. The molecular weight excluding hydrogens is 336 g/mol. The standard InChI is InChI=1S/C19H20N2O5/c1-2-23-16-6-3-14(4-7-16)11-21-26-12-19(22)20-10-15-5-8-17-18(9-15)25-13-24-17/h3-9,11H,2,10,12-13H2,1H3,(H,20,22). The molecular formula is C19H20N2O5. The molecule has 0 bridgehead atoms. The van der Waals surface area contributed by atoms with E-state index in [4.69, 9.17) is 19.0 Å².